The quantitative estimate of drug-likeness (QED) is 0.838. The van der Waals surface area contributed by atoms with Gasteiger partial charge in [-0.25, -0.2) is 4.98 Å². The summed E-state index contributed by atoms with van der Waals surface area (Å²) in [4.78, 5) is 8.40. The minimum Gasteiger partial charge on any atom is -0.508 e. The van der Waals surface area contributed by atoms with Crippen LogP contribution < -0.4 is 4.74 Å². The highest BCUT2D eigenvalue weighted by atomic mass is 16.5. The third kappa shape index (κ3) is 2.28. The molecule has 0 aliphatic heterocycles. The SMILES string of the molecule is Cc1cnc(C)c(Oc2ccc(O)cc2)n1. The predicted molar refractivity (Wildman–Crippen MR) is 59.7 cm³/mol. The number of phenolic OH excluding ortho intramolecular Hbond substituents is 1. The highest BCUT2D eigenvalue weighted by molar-refractivity contribution is 5.33. The molecular weight excluding hydrogens is 204 g/mol. The Kier molecular flexibility index (Phi) is 2.72. The van der Waals surface area contributed by atoms with Crippen molar-refractivity contribution in [2.45, 2.75) is 13.8 Å². The van der Waals surface area contributed by atoms with Crippen LogP contribution in [0.1, 0.15) is 11.4 Å². The Morgan fingerprint density at radius 3 is 2.50 bits per heavy atom. The third-order valence-corrected chi connectivity index (χ3v) is 2.08. The second-order valence-corrected chi connectivity index (χ2v) is 3.50. The summed E-state index contributed by atoms with van der Waals surface area (Å²) in [7, 11) is 0. The predicted octanol–water partition coefficient (Wildman–Crippen LogP) is 2.59. The molecule has 16 heavy (non-hydrogen) atoms. The van der Waals surface area contributed by atoms with Gasteiger partial charge in [0.05, 0.1) is 11.4 Å². The number of aromatic hydroxyl groups is 1. The molecule has 0 fully saturated rings. The zero-order valence-electron chi connectivity index (χ0n) is 9.14. The van der Waals surface area contributed by atoms with Crippen LogP contribution in [0.4, 0.5) is 0 Å². The average Bonchev–Trinajstić information content (AvgIpc) is 2.27. The molecule has 82 valence electrons. The molecule has 1 heterocycles. The van der Waals surface area contributed by atoms with E-state index in [1.807, 2.05) is 13.8 Å². The molecule has 0 aliphatic carbocycles. The van der Waals surface area contributed by atoms with Crippen LogP contribution in [0.2, 0.25) is 0 Å². The largest absolute Gasteiger partial charge is 0.508 e. The second-order valence-electron chi connectivity index (χ2n) is 3.50. The Hall–Kier alpha value is -2.10. The lowest BCUT2D eigenvalue weighted by atomic mass is 10.3. The number of hydrogen-bond donors (Lipinski definition) is 1. The summed E-state index contributed by atoms with van der Waals surface area (Å²) in [6, 6.07) is 6.49. The number of phenols is 1. The molecule has 2 rings (SSSR count). The zero-order valence-corrected chi connectivity index (χ0v) is 9.14. The topological polar surface area (TPSA) is 55.2 Å². The summed E-state index contributed by atoms with van der Waals surface area (Å²) in [5, 5.41) is 9.14. The van der Waals surface area contributed by atoms with Gasteiger partial charge in [-0.2, -0.15) is 0 Å². The van der Waals surface area contributed by atoms with Gasteiger partial charge in [0.1, 0.15) is 11.5 Å². The molecule has 0 unspecified atom stereocenters. The van der Waals surface area contributed by atoms with Gasteiger partial charge in [0.25, 0.3) is 0 Å². The molecule has 1 N–H and O–H groups in total. The maximum absolute atomic E-state index is 9.14. The van der Waals surface area contributed by atoms with E-state index in [-0.39, 0.29) is 5.75 Å². The molecule has 0 saturated heterocycles. The van der Waals surface area contributed by atoms with Crippen LogP contribution in [0.25, 0.3) is 0 Å². The van der Waals surface area contributed by atoms with Crippen LogP contribution in [-0.4, -0.2) is 15.1 Å². The van der Waals surface area contributed by atoms with Crippen LogP contribution in [0.15, 0.2) is 30.5 Å². The summed E-state index contributed by atoms with van der Waals surface area (Å²) in [5.74, 6) is 1.32. The first-order valence-corrected chi connectivity index (χ1v) is 4.92. The van der Waals surface area contributed by atoms with Crippen LogP contribution in [0.3, 0.4) is 0 Å². The molecule has 0 radical (unpaired) electrons. The van der Waals surface area contributed by atoms with Gasteiger partial charge in [-0.3, -0.25) is 4.98 Å². The molecule has 0 amide bonds. The fraction of sp³-hybridized carbons (Fsp3) is 0.167. The van der Waals surface area contributed by atoms with Crippen molar-refractivity contribution in [3.63, 3.8) is 0 Å². The van der Waals surface area contributed by atoms with Crippen LogP contribution in [0, 0.1) is 13.8 Å². The van der Waals surface area contributed by atoms with E-state index in [1.165, 1.54) is 0 Å². The van der Waals surface area contributed by atoms with E-state index in [4.69, 9.17) is 9.84 Å². The number of rotatable bonds is 2. The molecule has 0 saturated carbocycles. The van der Waals surface area contributed by atoms with E-state index in [0.717, 1.165) is 11.4 Å². The number of nitrogens with zero attached hydrogens (tertiary/aromatic N) is 2. The van der Waals surface area contributed by atoms with Crippen LogP contribution >= 0.6 is 0 Å². The molecule has 2 aromatic rings. The first kappa shape index (κ1) is 10.4. The summed E-state index contributed by atoms with van der Waals surface area (Å²) < 4.78 is 5.56. The van der Waals surface area contributed by atoms with E-state index in [1.54, 1.807) is 30.5 Å². The average molecular weight is 216 g/mol. The zero-order chi connectivity index (χ0) is 11.5. The van der Waals surface area contributed by atoms with Crippen molar-refractivity contribution in [3.05, 3.63) is 41.9 Å². The molecule has 0 atom stereocenters. The molecular formula is C12H12N2O2. The first-order valence-electron chi connectivity index (χ1n) is 4.92. The molecule has 1 aromatic carbocycles. The second kappa shape index (κ2) is 4.18. The number of aromatic nitrogens is 2. The molecule has 0 spiro atoms. The van der Waals surface area contributed by atoms with Crippen LogP contribution in [-0.2, 0) is 0 Å². The van der Waals surface area contributed by atoms with Crippen molar-refractivity contribution in [1.82, 2.24) is 9.97 Å². The monoisotopic (exact) mass is 216 g/mol. The lowest BCUT2D eigenvalue weighted by molar-refractivity contribution is 0.447. The minimum absolute atomic E-state index is 0.208. The standard InChI is InChI=1S/C12H12N2O2/c1-8-7-13-9(2)12(14-8)16-11-5-3-10(15)4-6-11/h3-7,15H,1-2H3. The third-order valence-electron chi connectivity index (χ3n) is 2.08. The van der Waals surface area contributed by atoms with E-state index in [0.29, 0.717) is 11.6 Å². The first-order chi connectivity index (χ1) is 7.65. The van der Waals surface area contributed by atoms with E-state index in [9.17, 15) is 0 Å². The lowest BCUT2D eigenvalue weighted by Crippen LogP contribution is -1.95. The maximum atomic E-state index is 9.14. The Morgan fingerprint density at radius 2 is 1.81 bits per heavy atom. The Bertz CT molecular complexity index is 495. The smallest absolute Gasteiger partial charge is 0.241 e. The van der Waals surface area contributed by atoms with Crippen molar-refractivity contribution in [2.75, 3.05) is 0 Å². The minimum atomic E-state index is 0.208. The summed E-state index contributed by atoms with van der Waals surface area (Å²) in [6.45, 7) is 3.69. The highest BCUT2D eigenvalue weighted by Crippen LogP contribution is 2.23. The van der Waals surface area contributed by atoms with E-state index < -0.39 is 0 Å². The number of benzene rings is 1. The summed E-state index contributed by atoms with van der Waals surface area (Å²) in [5.41, 5.74) is 1.54. The van der Waals surface area contributed by atoms with E-state index in [2.05, 4.69) is 9.97 Å². The molecule has 0 aliphatic rings. The van der Waals surface area contributed by atoms with Crippen molar-refractivity contribution in [2.24, 2.45) is 0 Å². The summed E-state index contributed by atoms with van der Waals surface area (Å²) >= 11 is 0. The van der Waals surface area contributed by atoms with Crippen LogP contribution in [0.5, 0.6) is 17.4 Å². The fourth-order valence-corrected chi connectivity index (χ4v) is 1.24. The molecule has 4 nitrogen and oxygen atoms in total. The molecule has 4 heteroatoms. The Labute approximate surface area is 93.6 Å². The van der Waals surface area contributed by atoms with Crippen molar-refractivity contribution in [1.29, 1.82) is 0 Å². The highest BCUT2D eigenvalue weighted by Gasteiger charge is 2.04. The van der Waals surface area contributed by atoms with Gasteiger partial charge in [-0.05, 0) is 38.1 Å². The fourth-order valence-electron chi connectivity index (χ4n) is 1.24. The van der Waals surface area contributed by atoms with Crippen molar-refractivity contribution < 1.29 is 9.84 Å². The Balaban J connectivity index is 2.26. The Morgan fingerprint density at radius 1 is 1.12 bits per heavy atom. The van der Waals surface area contributed by atoms with Gasteiger partial charge in [0.15, 0.2) is 0 Å². The number of aryl methyl sites for hydroxylation is 2. The lowest BCUT2D eigenvalue weighted by Gasteiger charge is -2.07. The van der Waals surface area contributed by atoms with Crippen molar-refractivity contribution >= 4 is 0 Å². The van der Waals surface area contributed by atoms with Gasteiger partial charge >= 0.3 is 0 Å². The number of hydrogen-bond acceptors (Lipinski definition) is 4. The van der Waals surface area contributed by atoms with Crippen molar-refractivity contribution in [3.8, 4) is 17.4 Å². The van der Waals surface area contributed by atoms with Gasteiger partial charge < -0.3 is 9.84 Å². The van der Waals surface area contributed by atoms with Gasteiger partial charge in [-0.1, -0.05) is 0 Å². The maximum Gasteiger partial charge on any atom is 0.241 e. The van der Waals surface area contributed by atoms with Gasteiger partial charge in [0, 0.05) is 6.20 Å². The molecule has 1 aromatic heterocycles. The number of ether oxygens (including phenoxy) is 1. The normalized spacial score (nSPS) is 10.1. The van der Waals surface area contributed by atoms with E-state index >= 15 is 0 Å². The molecule has 0 bridgehead atoms. The summed E-state index contributed by atoms with van der Waals surface area (Å²) in [6.07, 6.45) is 1.69. The van der Waals surface area contributed by atoms with Gasteiger partial charge in [0.2, 0.25) is 5.88 Å². The van der Waals surface area contributed by atoms with Gasteiger partial charge in [-0.15, -0.1) is 0 Å².